The molecule has 0 aliphatic carbocycles. The molecule has 1 unspecified atom stereocenters. The Morgan fingerprint density at radius 3 is 3.21 bits per heavy atom. The maximum atomic E-state index is 8.69. The first-order valence-electron chi connectivity index (χ1n) is 5.08. The third kappa shape index (κ3) is 1.93. The van der Waals surface area contributed by atoms with Crippen molar-refractivity contribution in [2.24, 2.45) is 5.73 Å². The summed E-state index contributed by atoms with van der Waals surface area (Å²) in [5.41, 5.74) is 5.83. The second kappa shape index (κ2) is 4.06. The van der Waals surface area contributed by atoms with Crippen molar-refractivity contribution in [1.29, 1.82) is 0 Å². The molecule has 5 nitrogen and oxygen atoms in total. The van der Waals surface area contributed by atoms with Crippen molar-refractivity contribution in [2.45, 2.75) is 38.3 Å². The zero-order chi connectivity index (χ0) is 9.97. The molecule has 0 spiro atoms. The monoisotopic (exact) mass is 196 g/mol. The number of nitrogens with two attached hydrogens (primary N) is 1. The molecule has 1 aliphatic rings. The first-order valence-corrected chi connectivity index (χ1v) is 5.08. The predicted molar refractivity (Wildman–Crippen MR) is 51.7 cm³/mol. The van der Waals surface area contributed by atoms with Crippen molar-refractivity contribution in [1.82, 2.24) is 14.8 Å². The van der Waals surface area contributed by atoms with Gasteiger partial charge in [-0.1, -0.05) is 0 Å². The second-order valence-electron chi connectivity index (χ2n) is 3.75. The predicted octanol–water partition coefficient (Wildman–Crippen LogP) is -0.524. The van der Waals surface area contributed by atoms with E-state index < -0.39 is 0 Å². The van der Waals surface area contributed by atoms with Gasteiger partial charge in [-0.25, -0.2) is 9.67 Å². The molecule has 2 heterocycles. The number of rotatable bonds is 3. The lowest BCUT2D eigenvalue weighted by Crippen LogP contribution is -2.32. The number of aliphatic hydroxyl groups excluding tert-OH is 1. The molecule has 0 radical (unpaired) electrons. The van der Waals surface area contributed by atoms with Crippen LogP contribution in [0.5, 0.6) is 0 Å². The molecular formula is C9H16N4O. The molecule has 0 amide bonds. The van der Waals surface area contributed by atoms with Crippen LogP contribution < -0.4 is 5.73 Å². The third-order valence-electron chi connectivity index (χ3n) is 2.50. The Kier molecular flexibility index (Phi) is 2.79. The molecule has 14 heavy (non-hydrogen) atoms. The molecule has 0 saturated carbocycles. The quantitative estimate of drug-likeness (QED) is 0.681. The van der Waals surface area contributed by atoms with E-state index in [1.54, 1.807) is 0 Å². The minimum absolute atomic E-state index is 0.198. The summed E-state index contributed by atoms with van der Waals surface area (Å²) in [6.45, 7) is 0.977. The van der Waals surface area contributed by atoms with Crippen molar-refractivity contribution in [2.75, 3.05) is 6.61 Å². The summed E-state index contributed by atoms with van der Waals surface area (Å²) in [5.74, 6) is 1.88. The Morgan fingerprint density at radius 2 is 2.43 bits per heavy atom. The first kappa shape index (κ1) is 9.61. The lowest BCUT2D eigenvalue weighted by atomic mass is 10.1. The molecule has 0 aromatic carbocycles. The Balaban J connectivity index is 2.07. The molecule has 1 atom stereocenters. The van der Waals surface area contributed by atoms with Gasteiger partial charge in [0.05, 0.1) is 6.54 Å². The van der Waals surface area contributed by atoms with Gasteiger partial charge in [0.15, 0.2) is 5.82 Å². The van der Waals surface area contributed by atoms with Gasteiger partial charge in [-0.15, -0.1) is 0 Å². The van der Waals surface area contributed by atoms with Gasteiger partial charge in [-0.2, -0.15) is 5.10 Å². The number of hydrogen-bond donors (Lipinski definition) is 2. The smallest absolute Gasteiger partial charge is 0.151 e. The Morgan fingerprint density at radius 1 is 1.57 bits per heavy atom. The molecule has 78 valence electrons. The van der Waals surface area contributed by atoms with Gasteiger partial charge in [0.25, 0.3) is 0 Å². The summed E-state index contributed by atoms with van der Waals surface area (Å²) in [5, 5.41) is 13.0. The molecule has 5 heteroatoms. The number of nitrogens with zero attached hydrogens (tertiary/aromatic N) is 3. The van der Waals surface area contributed by atoms with Crippen LogP contribution in [0.2, 0.25) is 0 Å². The lowest BCUT2D eigenvalue weighted by molar-refractivity contribution is 0.287. The summed E-state index contributed by atoms with van der Waals surface area (Å²) < 4.78 is 1.90. The van der Waals surface area contributed by atoms with Gasteiger partial charge in [0.2, 0.25) is 0 Å². The van der Waals surface area contributed by atoms with Gasteiger partial charge >= 0.3 is 0 Å². The van der Waals surface area contributed by atoms with Crippen molar-refractivity contribution < 1.29 is 5.11 Å². The van der Waals surface area contributed by atoms with Crippen LogP contribution in [0.4, 0.5) is 0 Å². The number of aliphatic hydroxyl groups is 1. The van der Waals surface area contributed by atoms with E-state index in [-0.39, 0.29) is 12.6 Å². The topological polar surface area (TPSA) is 77.0 Å². The highest BCUT2D eigenvalue weighted by Gasteiger charge is 2.18. The average Bonchev–Trinajstić information content (AvgIpc) is 2.56. The van der Waals surface area contributed by atoms with Crippen LogP contribution in [0.15, 0.2) is 0 Å². The molecule has 1 aliphatic heterocycles. The minimum Gasteiger partial charge on any atom is -0.396 e. The molecule has 0 bridgehead atoms. The van der Waals surface area contributed by atoms with Gasteiger partial charge in [-0.3, -0.25) is 0 Å². The molecule has 3 N–H and O–H groups in total. The molecular weight excluding hydrogens is 180 g/mol. The van der Waals surface area contributed by atoms with E-state index in [4.69, 9.17) is 10.8 Å². The van der Waals surface area contributed by atoms with E-state index in [9.17, 15) is 0 Å². The zero-order valence-corrected chi connectivity index (χ0v) is 8.19. The Hall–Kier alpha value is -0.940. The highest BCUT2D eigenvalue weighted by atomic mass is 16.2. The Bertz CT molecular complexity index is 310. The zero-order valence-electron chi connectivity index (χ0n) is 8.19. The fourth-order valence-corrected chi connectivity index (χ4v) is 1.73. The first-order chi connectivity index (χ1) is 6.79. The summed E-state index contributed by atoms with van der Waals surface area (Å²) in [6.07, 6.45) is 3.41. The normalized spacial score (nSPS) is 20.9. The highest BCUT2D eigenvalue weighted by molar-refractivity contribution is 4.97. The molecule has 2 rings (SSSR count). The Labute approximate surface area is 82.9 Å². The fraction of sp³-hybridized carbons (Fsp3) is 0.778. The van der Waals surface area contributed by atoms with Crippen LogP contribution in [0.3, 0.4) is 0 Å². The maximum absolute atomic E-state index is 8.69. The van der Waals surface area contributed by atoms with Crippen LogP contribution >= 0.6 is 0 Å². The minimum atomic E-state index is 0.198. The summed E-state index contributed by atoms with van der Waals surface area (Å²) in [6, 6.07) is 0.217. The van der Waals surface area contributed by atoms with Crippen LogP contribution in [0, 0.1) is 0 Å². The van der Waals surface area contributed by atoms with Crippen LogP contribution in [-0.4, -0.2) is 32.5 Å². The van der Waals surface area contributed by atoms with E-state index in [0.29, 0.717) is 0 Å². The van der Waals surface area contributed by atoms with E-state index >= 15 is 0 Å². The lowest BCUT2D eigenvalue weighted by Gasteiger charge is -2.17. The maximum Gasteiger partial charge on any atom is 0.151 e. The van der Waals surface area contributed by atoms with Gasteiger partial charge in [0, 0.05) is 25.5 Å². The second-order valence-corrected chi connectivity index (χ2v) is 3.75. The molecule has 0 fully saturated rings. The molecule has 1 aromatic heterocycles. The molecule has 1 aromatic rings. The van der Waals surface area contributed by atoms with Crippen LogP contribution in [-0.2, 0) is 19.4 Å². The molecule has 0 saturated heterocycles. The van der Waals surface area contributed by atoms with E-state index in [1.165, 1.54) is 0 Å². The van der Waals surface area contributed by atoms with Crippen molar-refractivity contribution in [3.05, 3.63) is 11.6 Å². The van der Waals surface area contributed by atoms with Crippen molar-refractivity contribution >= 4 is 0 Å². The fourth-order valence-electron chi connectivity index (χ4n) is 1.73. The van der Waals surface area contributed by atoms with E-state index in [0.717, 1.165) is 43.9 Å². The highest BCUT2D eigenvalue weighted by Crippen LogP contribution is 2.11. The summed E-state index contributed by atoms with van der Waals surface area (Å²) >= 11 is 0. The standard InChI is InChI=1S/C9H16N4O/c10-7-3-4-9-11-8(2-1-5-14)12-13(9)6-7/h7,14H,1-6,10H2. The van der Waals surface area contributed by atoms with Crippen LogP contribution in [0.25, 0.3) is 0 Å². The van der Waals surface area contributed by atoms with Gasteiger partial charge in [0.1, 0.15) is 5.82 Å². The number of fused-ring (bicyclic) bond motifs is 1. The number of aryl methyl sites for hydroxylation is 2. The largest absolute Gasteiger partial charge is 0.396 e. The SMILES string of the molecule is NC1CCc2nc(CCCO)nn2C1. The van der Waals surface area contributed by atoms with Crippen molar-refractivity contribution in [3.63, 3.8) is 0 Å². The van der Waals surface area contributed by atoms with Gasteiger partial charge in [-0.05, 0) is 12.8 Å². The van der Waals surface area contributed by atoms with E-state index in [1.807, 2.05) is 4.68 Å². The third-order valence-corrected chi connectivity index (χ3v) is 2.50. The van der Waals surface area contributed by atoms with E-state index in [2.05, 4.69) is 10.1 Å². The van der Waals surface area contributed by atoms with Crippen molar-refractivity contribution in [3.8, 4) is 0 Å². The summed E-state index contributed by atoms with van der Waals surface area (Å²) in [4.78, 5) is 4.41. The number of hydrogen-bond acceptors (Lipinski definition) is 4. The van der Waals surface area contributed by atoms with Gasteiger partial charge < -0.3 is 10.8 Å². The summed E-state index contributed by atoms with van der Waals surface area (Å²) in [7, 11) is 0. The van der Waals surface area contributed by atoms with Crippen LogP contribution in [0.1, 0.15) is 24.5 Å². The number of aromatic nitrogens is 3. The average molecular weight is 196 g/mol.